The largest absolute Gasteiger partial charge is 0.478 e. The van der Waals surface area contributed by atoms with E-state index in [1.54, 1.807) is 6.07 Å². The van der Waals surface area contributed by atoms with Crippen molar-refractivity contribution in [1.29, 1.82) is 0 Å². The number of carboxylic acids is 1. The van der Waals surface area contributed by atoms with Crippen LogP contribution in [0.4, 0.5) is 11.4 Å². The van der Waals surface area contributed by atoms with Crippen molar-refractivity contribution < 1.29 is 24.4 Å². The Kier molecular flexibility index (Phi) is 6.20. The summed E-state index contributed by atoms with van der Waals surface area (Å²) < 4.78 is 5.61. The lowest BCUT2D eigenvalue weighted by Crippen LogP contribution is -2.16. The number of rotatable bonds is 6. The van der Waals surface area contributed by atoms with Gasteiger partial charge in [-0.25, -0.2) is 4.79 Å². The van der Waals surface area contributed by atoms with Gasteiger partial charge in [0.05, 0.1) is 21.2 Å². The van der Waals surface area contributed by atoms with Crippen molar-refractivity contribution in [1.82, 2.24) is 0 Å². The molecule has 8 nitrogen and oxygen atoms in total. The summed E-state index contributed by atoms with van der Waals surface area (Å²) in [6.07, 6.45) is 0. The summed E-state index contributed by atoms with van der Waals surface area (Å²) in [5.41, 5.74) is -0.956. The number of hydrogen-bond acceptors (Lipinski definition) is 5. The minimum Gasteiger partial charge on any atom is -0.478 e. The topological polar surface area (TPSA) is 119 Å². The summed E-state index contributed by atoms with van der Waals surface area (Å²) in [6.45, 7) is 0. The molecule has 3 rings (SSSR count). The van der Waals surface area contributed by atoms with Crippen molar-refractivity contribution in [2.45, 2.75) is 0 Å². The maximum Gasteiger partial charge on any atom is 0.337 e. The summed E-state index contributed by atoms with van der Waals surface area (Å²) in [7, 11) is 0. The Hall–Kier alpha value is -3.62. The molecule has 0 saturated carbocycles. The Morgan fingerprint density at radius 1 is 1.00 bits per heavy atom. The fraction of sp³-hybridized carbons (Fsp3) is 0. The Morgan fingerprint density at radius 3 is 2.40 bits per heavy atom. The van der Waals surface area contributed by atoms with Crippen LogP contribution in [0.3, 0.4) is 0 Å². The van der Waals surface area contributed by atoms with Crippen LogP contribution in [0.5, 0.6) is 11.5 Å². The van der Waals surface area contributed by atoms with Gasteiger partial charge < -0.3 is 15.2 Å². The number of aromatic carboxylic acids is 1. The van der Waals surface area contributed by atoms with Gasteiger partial charge in [0.15, 0.2) is 0 Å². The minimum absolute atomic E-state index is 0.00337. The predicted octanol–water partition coefficient (Wildman–Crippen LogP) is 5.64. The number of anilines is 1. The van der Waals surface area contributed by atoms with Crippen LogP contribution in [0.1, 0.15) is 20.7 Å². The third-order valence-electron chi connectivity index (χ3n) is 3.94. The number of carbonyl (C=O) groups excluding carboxylic acids is 1. The Balaban J connectivity index is 1.96. The zero-order valence-electron chi connectivity index (χ0n) is 15.0. The molecule has 152 valence electrons. The fourth-order valence-electron chi connectivity index (χ4n) is 2.57. The van der Waals surface area contributed by atoms with Gasteiger partial charge in [-0.2, -0.15) is 0 Å². The lowest BCUT2D eigenvalue weighted by atomic mass is 10.1. The highest BCUT2D eigenvalue weighted by atomic mass is 35.5. The monoisotopic (exact) mass is 446 g/mol. The van der Waals surface area contributed by atoms with E-state index in [2.05, 4.69) is 5.32 Å². The SMILES string of the molecule is O=C(O)c1ccccc1NC(=O)c1cc(Oc2ccc(Cl)cc2Cl)ccc1[N+](=O)[O-]. The fourth-order valence-corrected chi connectivity index (χ4v) is 3.02. The second kappa shape index (κ2) is 8.81. The molecule has 0 atom stereocenters. The molecule has 30 heavy (non-hydrogen) atoms. The number of para-hydroxylation sites is 1. The van der Waals surface area contributed by atoms with Gasteiger partial charge in [-0.3, -0.25) is 14.9 Å². The molecule has 0 aliphatic rings. The average Bonchev–Trinajstić information content (AvgIpc) is 2.70. The Morgan fingerprint density at radius 2 is 1.73 bits per heavy atom. The maximum absolute atomic E-state index is 12.7. The van der Waals surface area contributed by atoms with Crippen molar-refractivity contribution >= 4 is 46.5 Å². The van der Waals surface area contributed by atoms with Crippen LogP contribution in [0, 0.1) is 10.1 Å². The summed E-state index contributed by atoms with van der Waals surface area (Å²) in [5, 5.41) is 23.6. The number of amides is 1. The number of carbonyl (C=O) groups is 2. The van der Waals surface area contributed by atoms with E-state index >= 15 is 0 Å². The highest BCUT2D eigenvalue weighted by molar-refractivity contribution is 6.35. The van der Waals surface area contributed by atoms with Crippen LogP contribution < -0.4 is 10.1 Å². The second-order valence-corrected chi connectivity index (χ2v) is 6.76. The number of ether oxygens (including phenoxy) is 1. The maximum atomic E-state index is 12.7. The number of nitro benzene ring substituents is 1. The molecule has 0 aliphatic heterocycles. The first-order valence-electron chi connectivity index (χ1n) is 8.31. The van der Waals surface area contributed by atoms with E-state index in [9.17, 15) is 24.8 Å². The summed E-state index contributed by atoms with van der Waals surface area (Å²) >= 11 is 11.9. The van der Waals surface area contributed by atoms with E-state index in [1.807, 2.05) is 0 Å². The zero-order valence-corrected chi connectivity index (χ0v) is 16.5. The number of halogens is 2. The van der Waals surface area contributed by atoms with Crippen molar-refractivity contribution in [2.75, 3.05) is 5.32 Å². The van der Waals surface area contributed by atoms with Gasteiger partial charge in [-0.1, -0.05) is 35.3 Å². The first-order chi connectivity index (χ1) is 14.3. The van der Waals surface area contributed by atoms with Gasteiger partial charge in [0, 0.05) is 17.2 Å². The lowest BCUT2D eigenvalue weighted by molar-refractivity contribution is -0.385. The summed E-state index contributed by atoms with van der Waals surface area (Å²) in [5.74, 6) is -1.78. The molecule has 0 bridgehead atoms. The van der Waals surface area contributed by atoms with E-state index in [0.717, 1.165) is 6.07 Å². The lowest BCUT2D eigenvalue weighted by Gasteiger charge is -2.11. The summed E-state index contributed by atoms with van der Waals surface area (Å²) in [6, 6.07) is 13.8. The molecule has 3 aromatic carbocycles. The summed E-state index contributed by atoms with van der Waals surface area (Å²) in [4.78, 5) is 34.7. The molecule has 0 fully saturated rings. The molecule has 0 aliphatic carbocycles. The quantitative estimate of drug-likeness (QED) is 0.373. The van der Waals surface area contributed by atoms with E-state index in [4.69, 9.17) is 27.9 Å². The molecule has 0 spiro atoms. The van der Waals surface area contributed by atoms with Gasteiger partial charge in [0.1, 0.15) is 17.1 Å². The first kappa shape index (κ1) is 21.1. The molecule has 0 unspecified atom stereocenters. The second-order valence-electron chi connectivity index (χ2n) is 5.92. The number of carboxylic acid groups (broad SMARTS) is 1. The van der Waals surface area contributed by atoms with E-state index in [1.165, 1.54) is 48.5 Å². The van der Waals surface area contributed by atoms with Crippen molar-refractivity contribution in [3.05, 3.63) is 92.0 Å². The molecule has 1 amide bonds. The van der Waals surface area contributed by atoms with E-state index < -0.39 is 22.5 Å². The van der Waals surface area contributed by atoms with Crippen LogP contribution >= 0.6 is 23.2 Å². The van der Waals surface area contributed by atoms with Crippen LogP contribution in [0.2, 0.25) is 10.0 Å². The van der Waals surface area contributed by atoms with Crippen molar-refractivity contribution in [3.8, 4) is 11.5 Å². The third kappa shape index (κ3) is 4.68. The molecule has 3 aromatic rings. The molecule has 0 heterocycles. The molecule has 0 aromatic heterocycles. The number of nitrogens with zero attached hydrogens (tertiary/aromatic N) is 1. The molecular weight excluding hydrogens is 435 g/mol. The van der Waals surface area contributed by atoms with Crippen LogP contribution in [0.25, 0.3) is 0 Å². The van der Waals surface area contributed by atoms with E-state index in [0.29, 0.717) is 5.02 Å². The van der Waals surface area contributed by atoms with Gasteiger partial charge in [-0.05, 0) is 36.4 Å². The van der Waals surface area contributed by atoms with Crippen LogP contribution in [-0.4, -0.2) is 21.9 Å². The number of nitrogens with one attached hydrogen (secondary N) is 1. The highest BCUT2D eigenvalue weighted by Crippen LogP contribution is 2.33. The smallest absolute Gasteiger partial charge is 0.337 e. The normalized spacial score (nSPS) is 10.3. The number of hydrogen-bond donors (Lipinski definition) is 2. The molecule has 0 radical (unpaired) electrons. The van der Waals surface area contributed by atoms with E-state index in [-0.39, 0.29) is 33.3 Å². The average molecular weight is 447 g/mol. The first-order valence-corrected chi connectivity index (χ1v) is 9.07. The van der Waals surface area contributed by atoms with Gasteiger partial charge in [-0.15, -0.1) is 0 Å². The number of nitro groups is 1. The van der Waals surface area contributed by atoms with Gasteiger partial charge in [0.2, 0.25) is 0 Å². The Labute approximate surface area is 179 Å². The highest BCUT2D eigenvalue weighted by Gasteiger charge is 2.23. The van der Waals surface area contributed by atoms with Crippen LogP contribution in [0.15, 0.2) is 60.7 Å². The number of benzene rings is 3. The third-order valence-corrected chi connectivity index (χ3v) is 4.47. The minimum atomic E-state index is -1.25. The standard InChI is InChI=1S/C20H12Cl2N2O6/c21-11-5-8-18(15(22)9-11)30-12-6-7-17(24(28)29)14(10-12)19(25)23-16-4-2-1-3-13(16)20(26)27/h1-10H,(H,23,25)(H,26,27). The molecule has 2 N–H and O–H groups in total. The molecule has 0 saturated heterocycles. The predicted molar refractivity (Wildman–Crippen MR) is 111 cm³/mol. The van der Waals surface area contributed by atoms with Gasteiger partial charge in [0.25, 0.3) is 11.6 Å². The Bertz CT molecular complexity index is 1170. The van der Waals surface area contributed by atoms with Crippen LogP contribution in [-0.2, 0) is 0 Å². The molecule has 10 heteroatoms. The van der Waals surface area contributed by atoms with Crippen molar-refractivity contribution in [3.63, 3.8) is 0 Å². The zero-order chi connectivity index (χ0) is 21.8. The molecular formula is C20H12Cl2N2O6. The van der Waals surface area contributed by atoms with Gasteiger partial charge >= 0.3 is 5.97 Å². The van der Waals surface area contributed by atoms with Crippen molar-refractivity contribution in [2.24, 2.45) is 0 Å².